The molecule has 1 saturated carbocycles. The van der Waals surface area contributed by atoms with Crippen molar-refractivity contribution in [2.75, 3.05) is 0 Å². The van der Waals surface area contributed by atoms with E-state index in [4.69, 9.17) is 0 Å². The Morgan fingerprint density at radius 3 is 2.79 bits per heavy atom. The molecule has 1 fully saturated rings. The van der Waals surface area contributed by atoms with Crippen LogP contribution >= 0.6 is 0 Å². The highest BCUT2D eigenvalue weighted by molar-refractivity contribution is 4.96. The van der Waals surface area contributed by atoms with Crippen LogP contribution in [0.5, 0.6) is 0 Å². The third-order valence-electron chi connectivity index (χ3n) is 3.00. The van der Waals surface area contributed by atoms with E-state index in [0.717, 1.165) is 18.8 Å². The van der Waals surface area contributed by atoms with Crippen LogP contribution < -0.4 is 0 Å². The molecule has 0 saturated heterocycles. The molecule has 0 aromatic rings. The van der Waals surface area contributed by atoms with Crippen molar-refractivity contribution in [3.63, 3.8) is 0 Å². The first-order valence-corrected chi connectivity index (χ1v) is 5.48. The largest absolute Gasteiger partial charge is 0.259 e. The minimum Gasteiger partial charge on any atom is -0.259 e. The molecule has 2 unspecified atom stereocenters. The monoisotopic (exact) mass is 197 g/mol. The van der Waals surface area contributed by atoms with Gasteiger partial charge in [-0.1, -0.05) is 26.7 Å². The Kier molecular flexibility index (Phi) is 4.11. The van der Waals surface area contributed by atoms with Gasteiger partial charge in [0.05, 0.1) is 4.92 Å². The van der Waals surface area contributed by atoms with E-state index in [1.54, 1.807) is 0 Å². The summed E-state index contributed by atoms with van der Waals surface area (Å²) >= 11 is 0. The van der Waals surface area contributed by atoms with Crippen LogP contribution in [0.25, 0.3) is 0 Å². The highest BCUT2D eigenvalue weighted by atomic mass is 16.6. The van der Waals surface area contributed by atoms with Crippen molar-refractivity contribution >= 4 is 0 Å². The van der Waals surface area contributed by atoms with Crippen molar-refractivity contribution in [1.29, 1.82) is 0 Å². The quantitative estimate of drug-likeness (QED) is 0.514. The average molecular weight is 197 g/mol. The standard InChI is InChI=1S/C11H19NO2/c1-3-11(12(13)14)8-10-6-4-5-9(2)7-10/h8-10H,3-7H2,1-2H3. The minimum absolute atomic E-state index is 0.237. The molecule has 3 heteroatoms. The number of nitro groups is 1. The van der Waals surface area contributed by atoms with Crippen molar-refractivity contribution in [1.82, 2.24) is 0 Å². The van der Waals surface area contributed by atoms with Gasteiger partial charge in [0, 0.05) is 6.42 Å². The maximum absolute atomic E-state index is 10.6. The van der Waals surface area contributed by atoms with Crippen LogP contribution in [0, 0.1) is 22.0 Å². The Morgan fingerprint density at radius 1 is 1.57 bits per heavy atom. The molecule has 3 nitrogen and oxygen atoms in total. The molecule has 0 amide bonds. The van der Waals surface area contributed by atoms with Gasteiger partial charge in [-0.05, 0) is 30.8 Å². The molecule has 0 bridgehead atoms. The number of allylic oxidation sites excluding steroid dienone is 2. The second-order valence-electron chi connectivity index (χ2n) is 4.30. The van der Waals surface area contributed by atoms with Crippen LogP contribution in [0.3, 0.4) is 0 Å². The number of rotatable bonds is 3. The smallest absolute Gasteiger partial charge is 0.242 e. The van der Waals surface area contributed by atoms with Gasteiger partial charge < -0.3 is 0 Å². The first kappa shape index (κ1) is 11.2. The lowest BCUT2D eigenvalue weighted by Gasteiger charge is -2.23. The summed E-state index contributed by atoms with van der Waals surface area (Å²) in [5, 5.41) is 10.6. The van der Waals surface area contributed by atoms with Crippen LogP contribution in [0.4, 0.5) is 0 Å². The molecule has 0 heterocycles. The first-order chi connectivity index (χ1) is 6.63. The second kappa shape index (κ2) is 5.13. The van der Waals surface area contributed by atoms with E-state index < -0.39 is 0 Å². The van der Waals surface area contributed by atoms with Crippen LogP contribution in [0.1, 0.15) is 46.0 Å². The fraction of sp³-hybridized carbons (Fsp3) is 0.818. The van der Waals surface area contributed by atoms with Gasteiger partial charge >= 0.3 is 0 Å². The summed E-state index contributed by atoms with van der Waals surface area (Å²) in [5.41, 5.74) is 0.393. The molecule has 1 aliphatic carbocycles. The Hall–Kier alpha value is -0.860. The fourth-order valence-electron chi connectivity index (χ4n) is 2.21. The topological polar surface area (TPSA) is 43.1 Å². The van der Waals surface area contributed by atoms with Crippen LogP contribution in [0.15, 0.2) is 11.8 Å². The van der Waals surface area contributed by atoms with E-state index in [9.17, 15) is 10.1 Å². The Labute approximate surface area is 85.3 Å². The summed E-state index contributed by atoms with van der Waals surface area (Å²) in [6, 6.07) is 0. The molecule has 14 heavy (non-hydrogen) atoms. The molecular formula is C11H19NO2. The molecule has 2 atom stereocenters. The van der Waals surface area contributed by atoms with Crippen LogP contribution in [-0.4, -0.2) is 4.92 Å². The summed E-state index contributed by atoms with van der Waals surface area (Å²) in [4.78, 5) is 10.4. The molecule has 0 aromatic carbocycles. The molecule has 1 rings (SSSR count). The van der Waals surface area contributed by atoms with Crippen molar-refractivity contribution in [2.45, 2.75) is 46.0 Å². The van der Waals surface area contributed by atoms with Crippen molar-refractivity contribution in [3.8, 4) is 0 Å². The molecule has 0 aliphatic heterocycles. The molecule has 80 valence electrons. The summed E-state index contributed by atoms with van der Waals surface area (Å²) in [5.74, 6) is 1.17. The zero-order valence-electron chi connectivity index (χ0n) is 9.03. The van der Waals surface area contributed by atoms with Crippen LogP contribution in [0.2, 0.25) is 0 Å². The SMILES string of the molecule is CCC(=CC1CCCC(C)C1)[N+](=O)[O-]. The second-order valence-corrected chi connectivity index (χ2v) is 4.30. The maximum atomic E-state index is 10.6. The van der Waals surface area contributed by atoms with Gasteiger partial charge in [-0.2, -0.15) is 0 Å². The van der Waals surface area contributed by atoms with E-state index in [0.29, 0.717) is 18.0 Å². The maximum Gasteiger partial charge on any atom is 0.242 e. The summed E-state index contributed by atoms with van der Waals surface area (Å²) in [6.07, 6.45) is 7.17. The Morgan fingerprint density at radius 2 is 2.29 bits per heavy atom. The number of nitrogens with zero attached hydrogens (tertiary/aromatic N) is 1. The lowest BCUT2D eigenvalue weighted by atomic mass is 9.82. The molecule has 0 radical (unpaired) electrons. The molecule has 0 spiro atoms. The molecule has 0 N–H and O–H groups in total. The van der Waals surface area contributed by atoms with Gasteiger partial charge in [-0.15, -0.1) is 0 Å². The molecule has 1 aliphatic rings. The van der Waals surface area contributed by atoms with Gasteiger partial charge in [0.1, 0.15) is 0 Å². The van der Waals surface area contributed by atoms with Gasteiger partial charge in [0.2, 0.25) is 5.70 Å². The van der Waals surface area contributed by atoms with E-state index in [1.807, 2.05) is 13.0 Å². The van der Waals surface area contributed by atoms with Gasteiger partial charge in [-0.3, -0.25) is 10.1 Å². The van der Waals surface area contributed by atoms with Crippen molar-refractivity contribution in [3.05, 3.63) is 21.9 Å². The summed E-state index contributed by atoms with van der Waals surface area (Å²) < 4.78 is 0. The molecular weight excluding hydrogens is 178 g/mol. The third-order valence-corrected chi connectivity index (χ3v) is 3.00. The van der Waals surface area contributed by atoms with E-state index in [-0.39, 0.29) is 4.92 Å². The lowest BCUT2D eigenvalue weighted by molar-refractivity contribution is -0.428. The third kappa shape index (κ3) is 3.13. The first-order valence-electron chi connectivity index (χ1n) is 5.48. The number of hydrogen-bond donors (Lipinski definition) is 0. The van der Waals surface area contributed by atoms with Gasteiger partial charge in [0.15, 0.2) is 0 Å². The predicted octanol–water partition coefficient (Wildman–Crippen LogP) is 3.38. The number of hydrogen-bond acceptors (Lipinski definition) is 2. The highest BCUT2D eigenvalue weighted by Crippen LogP contribution is 2.30. The normalized spacial score (nSPS) is 28.9. The van der Waals surface area contributed by atoms with Crippen molar-refractivity contribution in [2.24, 2.45) is 11.8 Å². The minimum atomic E-state index is -0.237. The summed E-state index contributed by atoms with van der Waals surface area (Å²) in [7, 11) is 0. The zero-order chi connectivity index (χ0) is 10.6. The van der Waals surface area contributed by atoms with E-state index in [1.165, 1.54) is 12.8 Å². The van der Waals surface area contributed by atoms with Gasteiger partial charge in [0.25, 0.3) is 0 Å². The fourth-order valence-corrected chi connectivity index (χ4v) is 2.21. The van der Waals surface area contributed by atoms with Crippen LogP contribution in [-0.2, 0) is 0 Å². The Balaban J connectivity index is 2.59. The average Bonchev–Trinajstić information content (AvgIpc) is 2.14. The van der Waals surface area contributed by atoms with E-state index >= 15 is 0 Å². The zero-order valence-corrected chi connectivity index (χ0v) is 9.03. The molecule has 0 aromatic heterocycles. The van der Waals surface area contributed by atoms with Crippen molar-refractivity contribution < 1.29 is 4.92 Å². The Bertz CT molecular complexity index is 235. The van der Waals surface area contributed by atoms with E-state index in [2.05, 4.69) is 6.92 Å². The highest BCUT2D eigenvalue weighted by Gasteiger charge is 2.19. The van der Waals surface area contributed by atoms with Gasteiger partial charge in [-0.25, -0.2) is 0 Å². The summed E-state index contributed by atoms with van der Waals surface area (Å²) in [6.45, 7) is 4.08. The lowest BCUT2D eigenvalue weighted by Crippen LogP contribution is -2.12. The predicted molar refractivity (Wildman–Crippen MR) is 56.5 cm³/mol.